The van der Waals surface area contributed by atoms with Gasteiger partial charge < -0.3 is 9.97 Å². The Bertz CT molecular complexity index is 1110. The van der Waals surface area contributed by atoms with Crippen molar-refractivity contribution in [3.63, 3.8) is 0 Å². The second-order valence-electron chi connectivity index (χ2n) is 5.93. The molecule has 2 amide bonds. The lowest BCUT2D eigenvalue weighted by Crippen LogP contribution is -2.41. The third-order valence-corrected chi connectivity index (χ3v) is 4.15. The zero-order valence-electron chi connectivity index (χ0n) is 13.5. The molecule has 6 heteroatoms. The molecule has 0 fully saturated rings. The molecule has 6 nitrogen and oxygen atoms in total. The number of aryl methyl sites for hydroxylation is 1. The minimum absolute atomic E-state index is 0.377. The van der Waals surface area contributed by atoms with Crippen LogP contribution in [0.3, 0.4) is 0 Å². The lowest BCUT2D eigenvalue weighted by atomic mass is 10.2. The van der Waals surface area contributed by atoms with Gasteiger partial charge in [-0.25, -0.2) is 0 Å². The predicted molar refractivity (Wildman–Crippen MR) is 96.3 cm³/mol. The van der Waals surface area contributed by atoms with Gasteiger partial charge in [-0.2, -0.15) is 0 Å². The largest absolute Gasteiger partial charge is 0.360 e. The standard InChI is InChI=1S/C19H16N4O2/c1-11-6-7-12-9-17(21-16(12)8-11)19(25)23-22-18(24)14-10-20-15-5-3-2-4-13(14)15/h2-10,20-21H,1H3,(H,22,24)(H,23,25). The minimum Gasteiger partial charge on any atom is -0.360 e. The van der Waals surface area contributed by atoms with Crippen molar-refractivity contribution in [1.82, 2.24) is 20.8 Å². The molecule has 25 heavy (non-hydrogen) atoms. The van der Waals surface area contributed by atoms with Crippen molar-refractivity contribution in [2.75, 3.05) is 0 Å². The molecule has 124 valence electrons. The first-order valence-electron chi connectivity index (χ1n) is 7.88. The quantitative estimate of drug-likeness (QED) is 0.425. The van der Waals surface area contributed by atoms with Crippen LogP contribution in [-0.2, 0) is 0 Å². The lowest BCUT2D eigenvalue weighted by Gasteiger charge is -2.05. The molecule has 2 aromatic carbocycles. The number of carbonyl (C=O) groups is 2. The Hall–Kier alpha value is -3.54. The van der Waals surface area contributed by atoms with Crippen LogP contribution in [0.1, 0.15) is 26.4 Å². The van der Waals surface area contributed by atoms with Crippen LogP contribution in [0.2, 0.25) is 0 Å². The van der Waals surface area contributed by atoms with Gasteiger partial charge in [0, 0.05) is 28.0 Å². The third-order valence-electron chi connectivity index (χ3n) is 4.15. The van der Waals surface area contributed by atoms with Crippen molar-refractivity contribution >= 4 is 33.6 Å². The first kappa shape index (κ1) is 15.0. The molecular weight excluding hydrogens is 316 g/mol. The number of fused-ring (bicyclic) bond motifs is 2. The molecular formula is C19H16N4O2. The number of hydrogen-bond acceptors (Lipinski definition) is 2. The molecule has 0 spiro atoms. The molecule has 0 saturated heterocycles. The number of nitrogens with one attached hydrogen (secondary N) is 4. The smallest absolute Gasteiger partial charge is 0.286 e. The van der Waals surface area contributed by atoms with Gasteiger partial charge >= 0.3 is 0 Å². The van der Waals surface area contributed by atoms with Crippen LogP contribution in [0.25, 0.3) is 21.8 Å². The predicted octanol–water partition coefficient (Wildman–Crippen LogP) is 3.03. The third kappa shape index (κ3) is 2.74. The monoisotopic (exact) mass is 332 g/mol. The van der Waals surface area contributed by atoms with Crippen LogP contribution in [0.15, 0.2) is 54.7 Å². The number of hydrazine groups is 1. The number of rotatable bonds is 2. The Kier molecular flexibility index (Phi) is 3.50. The normalized spacial score (nSPS) is 10.9. The van der Waals surface area contributed by atoms with E-state index in [4.69, 9.17) is 0 Å². The topological polar surface area (TPSA) is 89.8 Å². The summed E-state index contributed by atoms with van der Waals surface area (Å²) in [6, 6.07) is 15.1. The molecule has 0 unspecified atom stereocenters. The Labute approximate surface area is 143 Å². The fourth-order valence-electron chi connectivity index (χ4n) is 2.87. The summed E-state index contributed by atoms with van der Waals surface area (Å²) in [6.07, 6.45) is 1.62. The summed E-state index contributed by atoms with van der Waals surface area (Å²) in [5.41, 5.74) is 8.61. The van der Waals surface area contributed by atoms with Gasteiger partial charge in [-0.3, -0.25) is 20.4 Å². The van der Waals surface area contributed by atoms with E-state index in [-0.39, 0.29) is 5.91 Å². The second kappa shape index (κ2) is 5.83. The molecule has 4 aromatic rings. The van der Waals surface area contributed by atoms with Gasteiger partial charge in [0.25, 0.3) is 11.8 Å². The summed E-state index contributed by atoms with van der Waals surface area (Å²) in [5.74, 6) is -0.778. The van der Waals surface area contributed by atoms with E-state index in [0.29, 0.717) is 11.3 Å². The zero-order chi connectivity index (χ0) is 17.4. The first-order chi connectivity index (χ1) is 12.1. The fourth-order valence-corrected chi connectivity index (χ4v) is 2.87. The summed E-state index contributed by atoms with van der Waals surface area (Å²) < 4.78 is 0. The van der Waals surface area contributed by atoms with Crippen molar-refractivity contribution in [2.45, 2.75) is 6.92 Å². The Morgan fingerprint density at radius 2 is 1.72 bits per heavy atom. The highest BCUT2D eigenvalue weighted by molar-refractivity contribution is 6.07. The summed E-state index contributed by atoms with van der Waals surface area (Å²) in [6.45, 7) is 1.99. The molecule has 0 radical (unpaired) electrons. The van der Waals surface area contributed by atoms with Crippen LogP contribution in [-0.4, -0.2) is 21.8 Å². The van der Waals surface area contributed by atoms with E-state index in [1.807, 2.05) is 49.4 Å². The van der Waals surface area contributed by atoms with Crippen molar-refractivity contribution in [1.29, 1.82) is 0 Å². The number of aromatic nitrogens is 2. The minimum atomic E-state index is -0.401. The molecule has 0 aliphatic rings. The number of para-hydroxylation sites is 1. The fraction of sp³-hybridized carbons (Fsp3) is 0.0526. The van der Waals surface area contributed by atoms with Gasteiger partial charge in [-0.05, 0) is 30.7 Å². The van der Waals surface area contributed by atoms with Crippen LogP contribution in [0.4, 0.5) is 0 Å². The van der Waals surface area contributed by atoms with E-state index in [1.54, 1.807) is 12.3 Å². The molecule has 0 atom stereocenters. The lowest BCUT2D eigenvalue weighted by molar-refractivity contribution is 0.0845. The molecule has 0 aliphatic carbocycles. The van der Waals surface area contributed by atoms with Crippen LogP contribution in [0.5, 0.6) is 0 Å². The molecule has 2 heterocycles. The maximum atomic E-state index is 12.3. The molecule has 4 N–H and O–H groups in total. The molecule has 0 aliphatic heterocycles. The van der Waals surface area contributed by atoms with E-state index in [2.05, 4.69) is 20.8 Å². The van der Waals surface area contributed by atoms with E-state index >= 15 is 0 Å². The van der Waals surface area contributed by atoms with Crippen LogP contribution in [0, 0.1) is 6.92 Å². The Balaban J connectivity index is 1.50. The van der Waals surface area contributed by atoms with Crippen molar-refractivity contribution in [3.8, 4) is 0 Å². The number of benzene rings is 2. The van der Waals surface area contributed by atoms with Gasteiger partial charge in [0.15, 0.2) is 0 Å². The van der Waals surface area contributed by atoms with Crippen molar-refractivity contribution in [3.05, 3.63) is 71.5 Å². The highest BCUT2D eigenvalue weighted by atomic mass is 16.2. The SMILES string of the molecule is Cc1ccc2cc(C(=O)NNC(=O)c3c[nH]c4ccccc34)[nH]c2c1. The van der Waals surface area contributed by atoms with Gasteiger partial charge in [-0.15, -0.1) is 0 Å². The molecule has 2 aromatic heterocycles. The zero-order valence-corrected chi connectivity index (χ0v) is 13.5. The number of hydrogen-bond donors (Lipinski definition) is 4. The molecule has 4 rings (SSSR count). The summed E-state index contributed by atoms with van der Waals surface area (Å²) >= 11 is 0. The van der Waals surface area contributed by atoms with Gasteiger partial charge in [-0.1, -0.05) is 30.3 Å². The second-order valence-corrected chi connectivity index (χ2v) is 5.93. The van der Waals surface area contributed by atoms with Crippen LogP contribution < -0.4 is 10.9 Å². The van der Waals surface area contributed by atoms with Gasteiger partial charge in [0.05, 0.1) is 5.56 Å². The van der Waals surface area contributed by atoms with Crippen molar-refractivity contribution < 1.29 is 9.59 Å². The van der Waals surface area contributed by atoms with Gasteiger partial charge in [0.1, 0.15) is 5.69 Å². The number of carbonyl (C=O) groups excluding carboxylic acids is 2. The van der Waals surface area contributed by atoms with E-state index in [9.17, 15) is 9.59 Å². The highest BCUT2D eigenvalue weighted by Gasteiger charge is 2.14. The number of aromatic amines is 2. The number of amides is 2. The summed E-state index contributed by atoms with van der Waals surface area (Å²) in [5, 5.41) is 1.74. The average Bonchev–Trinajstić information content (AvgIpc) is 3.23. The Morgan fingerprint density at radius 1 is 0.920 bits per heavy atom. The first-order valence-corrected chi connectivity index (χ1v) is 7.88. The maximum absolute atomic E-state index is 12.3. The molecule has 0 saturated carbocycles. The van der Waals surface area contributed by atoms with Crippen LogP contribution >= 0.6 is 0 Å². The Morgan fingerprint density at radius 3 is 2.60 bits per heavy atom. The molecule has 0 bridgehead atoms. The summed E-state index contributed by atoms with van der Waals surface area (Å²) in [4.78, 5) is 30.7. The van der Waals surface area contributed by atoms with E-state index < -0.39 is 5.91 Å². The highest BCUT2D eigenvalue weighted by Crippen LogP contribution is 2.18. The summed E-state index contributed by atoms with van der Waals surface area (Å²) in [7, 11) is 0. The van der Waals surface area contributed by atoms with Gasteiger partial charge in [0.2, 0.25) is 0 Å². The maximum Gasteiger partial charge on any atom is 0.286 e. The average molecular weight is 332 g/mol. The van der Waals surface area contributed by atoms with E-state index in [0.717, 1.165) is 27.4 Å². The van der Waals surface area contributed by atoms with E-state index in [1.165, 1.54) is 0 Å². The van der Waals surface area contributed by atoms with Crippen molar-refractivity contribution in [2.24, 2.45) is 0 Å². The number of H-pyrrole nitrogens is 2.